The molecular formula is C26H37N5O3. The number of pyridine rings is 1. The number of hydrogen-bond acceptors (Lipinski definition) is 4. The van der Waals surface area contributed by atoms with Crippen LogP contribution in [0.15, 0.2) is 18.3 Å². The lowest BCUT2D eigenvalue weighted by molar-refractivity contribution is -0.130. The Bertz CT molecular complexity index is 1050. The van der Waals surface area contributed by atoms with Gasteiger partial charge in [-0.3, -0.25) is 23.7 Å². The first-order valence-corrected chi connectivity index (χ1v) is 12.8. The van der Waals surface area contributed by atoms with E-state index in [2.05, 4.69) is 0 Å². The van der Waals surface area contributed by atoms with Crippen molar-refractivity contribution in [2.24, 2.45) is 5.92 Å². The summed E-state index contributed by atoms with van der Waals surface area (Å²) in [6.07, 6.45) is 9.07. The number of nitrogens with zero attached hydrogens (tertiary/aromatic N) is 5. The Morgan fingerprint density at radius 1 is 1.03 bits per heavy atom. The molecule has 0 radical (unpaired) electrons. The van der Waals surface area contributed by atoms with Crippen molar-refractivity contribution in [3.05, 3.63) is 29.6 Å². The van der Waals surface area contributed by atoms with E-state index in [-0.39, 0.29) is 17.7 Å². The van der Waals surface area contributed by atoms with E-state index in [1.807, 2.05) is 41.5 Å². The van der Waals surface area contributed by atoms with Crippen molar-refractivity contribution >= 4 is 29.2 Å². The van der Waals surface area contributed by atoms with Crippen LogP contribution >= 0.6 is 0 Å². The van der Waals surface area contributed by atoms with Gasteiger partial charge in [-0.15, -0.1) is 0 Å². The maximum Gasteiger partial charge on any atom is 0.255 e. The van der Waals surface area contributed by atoms with Crippen LogP contribution in [-0.4, -0.2) is 69.6 Å². The first-order valence-electron chi connectivity index (χ1n) is 12.8. The van der Waals surface area contributed by atoms with E-state index in [1.165, 1.54) is 25.7 Å². The third-order valence-corrected chi connectivity index (χ3v) is 7.37. The standard InChI is InChI=1S/C26H37N5O3/c1-4-22-25(30(5-2)24(33)13-10-20-8-6-7-9-20)31-18-21(11-12-23(31)27-22)26(34)29-16-14-28(15-17-29)19(3)32/h11-12,18,20H,4-10,13-17H2,1-3H3. The highest BCUT2D eigenvalue weighted by molar-refractivity contribution is 5.96. The molecule has 184 valence electrons. The molecule has 1 aliphatic heterocycles. The van der Waals surface area contributed by atoms with Crippen molar-refractivity contribution < 1.29 is 14.4 Å². The zero-order valence-corrected chi connectivity index (χ0v) is 20.8. The highest BCUT2D eigenvalue weighted by Crippen LogP contribution is 2.30. The van der Waals surface area contributed by atoms with E-state index >= 15 is 0 Å². The lowest BCUT2D eigenvalue weighted by Crippen LogP contribution is -2.50. The highest BCUT2D eigenvalue weighted by Gasteiger charge is 2.26. The normalized spacial score (nSPS) is 16.9. The minimum absolute atomic E-state index is 0.0425. The van der Waals surface area contributed by atoms with Crippen LogP contribution in [0.1, 0.15) is 75.3 Å². The first kappa shape index (κ1) is 24.2. The van der Waals surface area contributed by atoms with Gasteiger partial charge in [-0.2, -0.15) is 0 Å². The Kier molecular flexibility index (Phi) is 7.54. The van der Waals surface area contributed by atoms with Gasteiger partial charge in [-0.05, 0) is 37.8 Å². The molecule has 2 aromatic rings. The van der Waals surface area contributed by atoms with Gasteiger partial charge in [0.25, 0.3) is 5.91 Å². The van der Waals surface area contributed by atoms with Crippen molar-refractivity contribution in [1.29, 1.82) is 0 Å². The number of piperazine rings is 1. The van der Waals surface area contributed by atoms with Crippen molar-refractivity contribution in [3.8, 4) is 0 Å². The molecule has 0 unspecified atom stereocenters. The maximum absolute atomic E-state index is 13.3. The number of carbonyl (C=O) groups is 3. The average molecular weight is 468 g/mol. The lowest BCUT2D eigenvalue weighted by Gasteiger charge is -2.34. The number of aryl methyl sites for hydroxylation is 1. The second kappa shape index (κ2) is 10.6. The fourth-order valence-electron chi connectivity index (χ4n) is 5.34. The number of fused-ring (bicyclic) bond motifs is 1. The van der Waals surface area contributed by atoms with Crippen LogP contribution in [0.2, 0.25) is 0 Å². The molecule has 8 nitrogen and oxygen atoms in total. The van der Waals surface area contributed by atoms with Crippen molar-refractivity contribution in [2.75, 3.05) is 37.6 Å². The smallest absolute Gasteiger partial charge is 0.255 e. The zero-order chi connectivity index (χ0) is 24.2. The molecule has 3 amide bonds. The molecule has 2 fully saturated rings. The summed E-state index contributed by atoms with van der Waals surface area (Å²) >= 11 is 0. The van der Waals surface area contributed by atoms with Gasteiger partial charge in [0.2, 0.25) is 11.8 Å². The Hall–Kier alpha value is -2.90. The largest absolute Gasteiger partial charge is 0.339 e. The van der Waals surface area contributed by atoms with E-state index in [4.69, 9.17) is 4.98 Å². The van der Waals surface area contributed by atoms with Gasteiger partial charge in [0, 0.05) is 52.3 Å². The molecule has 4 rings (SSSR count). The molecule has 0 aromatic carbocycles. The number of amides is 3. The van der Waals surface area contributed by atoms with Gasteiger partial charge >= 0.3 is 0 Å². The molecule has 0 N–H and O–H groups in total. The first-order chi connectivity index (χ1) is 16.4. The van der Waals surface area contributed by atoms with Gasteiger partial charge in [0.1, 0.15) is 11.5 Å². The van der Waals surface area contributed by atoms with E-state index in [0.29, 0.717) is 57.0 Å². The molecule has 34 heavy (non-hydrogen) atoms. The summed E-state index contributed by atoms with van der Waals surface area (Å²) in [5.41, 5.74) is 2.18. The fourth-order valence-corrected chi connectivity index (χ4v) is 5.34. The zero-order valence-electron chi connectivity index (χ0n) is 20.8. The average Bonchev–Trinajstić information content (AvgIpc) is 3.50. The summed E-state index contributed by atoms with van der Waals surface area (Å²) in [4.78, 5) is 48.3. The number of imidazole rings is 1. The predicted octanol–water partition coefficient (Wildman–Crippen LogP) is 3.52. The molecule has 2 aliphatic rings. The number of aromatic nitrogens is 2. The molecule has 0 bridgehead atoms. The number of carbonyl (C=O) groups excluding carboxylic acids is 3. The molecule has 2 aromatic heterocycles. The molecular weight excluding hydrogens is 430 g/mol. The second-order valence-electron chi connectivity index (χ2n) is 9.51. The van der Waals surface area contributed by atoms with Crippen molar-refractivity contribution in [3.63, 3.8) is 0 Å². The third kappa shape index (κ3) is 4.95. The minimum Gasteiger partial charge on any atom is -0.339 e. The van der Waals surface area contributed by atoms with Gasteiger partial charge in [-0.25, -0.2) is 4.98 Å². The fraction of sp³-hybridized carbons (Fsp3) is 0.615. The van der Waals surface area contributed by atoms with Crippen LogP contribution in [0.25, 0.3) is 5.65 Å². The van der Waals surface area contributed by atoms with E-state index in [9.17, 15) is 14.4 Å². The summed E-state index contributed by atoms with van der Waals surface area (Å²) < 4.78 is 1.91. The summed E-state index contributed by atoms with van der Waals surface area (Å²) in [5.74, 6) is 1.57. The number of anilines is 1. The molecule has 0 spiro atoms. The van der Waals surface area contributed by atoms with Crippen LogP contribution in [0.4, 0.5) is 5.82 Å². The van der Waals surface area contributed by atoms with Crippen LogP contribution < -0.4 is 4.90 Å². The Morgan fingerprint density at radius 3 is 2.32 bits per heavy atom. The highest BCUT2D eigenvalue weighted by atomic mass is 16.2. The third-order valence-electron chi connectivity index (χ3n) is 7.37. The Balaban J connectivity index is 1.57. The monoisotopic (exact) mass is 467 g/mol. The summed E-state index contributed by atoms with van der Waals surface area (Å²) in [6, 6.07) is 3.67. The number of hydrogen-bond donors (Lipinski definition) is 0. The summed E-state index contributed by atoms with van der Waals surface area (Å²) in [7, 11) is 0. The summed E-state index contributed by atoms with van der Waals surface area (Å²) in [5, 5.41) is 0. The van der Waals surface area contributed by atoms with Crippen LogP contribution in [0.5, 0.6) is 0 Å². The molecule has 1 saturated carbocycles. The Morgan fingerprint density at radius 2 is 1.71 bits per heavy atom. The molecule has 1 aliphatic carbocycles. The van der Waals surface area contributed by atoms with Crippen molar-refractivity contribution in [2.45, 2.75) is 65.7 Å². The van der Waals surface area contributed by atoms with Crippen LogP contribution in [-0.2, 0) is 16.0 Å². The molecule has 1 saturated heterocycles. The second-order valence-corrected chi connectivity index (χ2v) is 9.51. The van der Waals surface area contributed by atoms with Gasteiger partial charge in [0.05, 0.1) is 11.3 Å². The Labute approximate surface area is 201 Å². The molecule has 0 atom stereocenters. The maximum atomic E-state index is 13.3. The van der Waals surface area contributed by atoms with Crippen molar-refractivity contribution in [1.82, 2.24) is 19.2 Å². The van der Waals surface area contributed by atoms with Gasteiger partial charge in [-0.1, -0.05) is 32.6 Å². The topological polar surface area (TPSA) is 78.2 Å². The molecule has 3 heterocycles. The van der Waals surface area contributed by atoms with E-state index in [0.717, 1.165) is 23.6 Å². The SMILES string of the molecule is CCc1nc2ccc(C(=O)N3CCN(C(C)=O)CC3)cn2c1N(CC)C(=O)CCC1CCCC1. The van der Waals surface area contributed by atoms with E-state index < -0.39 is 0 Å². The predicted molar refractivity (Wildman–Crippen MR) is 132 cm³/mol. The number of rotatable bonds is 7. The van der Waals surface area contributed by atoms with Crippen LogP contribution in [0, 0.1) is 5.92 Å². The van der Waals surface area contributed by atoms with Gasteiger partial charge < -0.3 is 9.80 Å². The van der Waals surface area contributed by atoms with E-state index in [1.54, 1.807) is 16.7 Å². The van der Waals surface area contributed by atoms with Gasteiger partial charge in [0.15, 0.2) is 0 Å². The minimum atomic E-state index is -0.0570. The quantitative estimate of drug-likeness (QED) is 0.624. The summed E-state index contributed by atoms with van der Waals surface area (Å²) in [6.45, 7) is 8.32. The lowest BCUT2D eigenvalue weighted by atomic mass is 10.0. The van der Waals surface area contributed by atoms with Crippen LogP contribution in [0.3, 0.4) is 0 Å². The molecule has 8 heteroatoms.